The van der Waals surface area contributed by atoms with Crippen molar-refractivity contribution in [3.63, 3.8) is 0 Å². The fourth-order valence-electron chi connectivity index (χ4n) is 1.84. The molecule has 2 N–H and O–H groups in total. The minimum Gasteiger partial charge on any atom is -0.504 e. The van der Waals surface area contributed by atoms with E-state index >= 15 is 0 Å². The number of methoxy groups -OCH3 is 1. The Bertz CT molecular complexity index is 567. The first-order valence-electron chi connectivity index (χ1n) is 6.34. The van der Waals surface area contributed by atoms with Crippen LogP contribution in [0.3, 0.4) is 0 Å². The predicted molar refractivity (Wildman–Crippen MR) is 73.8 cm³/mol. The third kappa shape index (κ3) is 3.28. The maximum atomic E-state index is 11.9. The van der Waals surface area contributed by atoms with Gasteiger partial charge in [0.25, 0.3) is 5.91 Å². The van der Waals surface area contributed by atoms with E-state index in [0.717, 1.165) is 13.0 Å². The Morgan fingerprint density at radius 3 is 3.00 bits per heavy atom. The first-order chi connectivity index (χ1) is 9.72. The van der Waals surface area contributed by atoms with E-state index in [2.05, 4.69) is 10.4 Å². The van der Waals surface area contributed by atoms with Crippen molar-refractivity contribution in [1.29, 1.82) is 0 Å². The Morgan fingerprint density at radius 1 is 1.45 bits per heavy atom. The molecule has 0 aliphatic heterocycles. The van der Waals surface area contributed by atoms with Crippen molar-refractivity contribution in [1.82, 2.24) is 15.1 Å². The highest BCUT2D eigenvalue weighted by Crippen LogP contribution is 2.29. The molecule has 1 heterocycles. The average molecular weight is 275 g/mol. The highest BCUT2D eigenvalue weighted by Gasteiger charge is 2.13. The lowest BCUT2D eigenvalue weighted by atomic mass is 10.1. The predicted octanol–water partition coefficient (Wildman–Crippen LogP) is 1.42. The summed E-state index contributed by atoms with van der Waals surface area (Å²) in [7, 11) is 1.45. The van der Waals surface area contributed by atoms with Gasteiger partial charge in [-0.3, -0.25) is 9.48 Å². The van der Waals surface area contributed by atoms with Crippen molar-refractivity contribution < 1.29 is 14.6 Å². The number of ether oxygens (including phenoxy) is 1. The van der Waals surface area contributed by atoms with Crippen LogP contribution in [0.2, 0.25) is 0 Å². The van der Waals surface area contributed by atoms with E-state index < -0.39 is 0 Å². The molecule has 0 unspecified atom stereocenters. The molecule has 0 bridgehead atoms. The molecule has 6 heteroatoms. The Labute approximate surface area is 117 Å². The summed E-state index contributed by atoms with van der Waals surface area (Å²) < 4.78 is 6.77. The van der Waals surface area contributed by atoms with Crippen LogP contribution < -0.4 is 10.1 Å². The normalized spacial score (nSPS) is 10.2. The number of nitrogens with zero attached hydrogens (tertiary/aromatic N) is 2. The van der Waals surface area contributed by atoms with Crippen LogP contribution in [0, 0.1) is 0 Å². The van der Waals surface area contributed by atoms with E-state index in [1.54, 1.807) is 29.1 Å². The number of amides is 1. The molecule has 2 rings (SSSR count). The van der Waals surface area contributed by atoms with Gasteiger partial charge in [-0.25, -0.2) is 0 Å². The number of benzene rings is 1. The monoisotopic (exact) mass is 275 g/mol. The maximum Gasteiger partial charge on any atom is 0.255 e. The molecule has 1 aromatic carbocycles. The third-order valence-corrected chi connectivity index (χ3v) is 2.87. The van der Waals surface area contributed by atoms with Gasteiger partial charge in [0.15, 0.2) is 11.5 Å². The van der Waals surface area contributed by atoms with Crippen LogP contribution in [0.1, 0.15) is 16.8 Å². The SMILES string of the molecule is COc1cccc(C(=O)NCCCn2cccn2)c1O. The van der Waals surface area contributed by atoms with Crippen molar-refractivity contribution in [2.24, 2.45) is 0 Å². The molecular formula is C14H17N3O3. The van der Waals surface area contributed by atoms with Crippen LogP contribution in [-0.4, -0.2) is 34.4 Å². The van der Waals surface area contributed by atoms with Crippen molar-refractivity contribution in [3.05, 3.63) is 42.2 Å². The van der Waals surface area contributed by atoms with Gasteiger partial charge >= 0.3 is 0 Å². The summed E-state index contributed by atoms with van der Waals surface area (Å²) in [6.07, 6.45) is 4.35. The molecule has 6 nitrogen and oxygen atoms in total. The molecule has 2 aromatic rings. The van der Waals surface area contributed by atoms with E-state index in [1.165, 1.54) is 7.11 Å². The Hall–Kier alpha value is -2.50. The maximum absolute atomic E-state index is 11.9. The largest absolute Gasteiger partial charge is 0.504 e. The number of aryl methyl sites for hydroxylation is 1. The van der Waals surface area contributed by atoms with Gasteiger partial charge in [0.1, 0.15) is 0 Å². The van der Waals surface area contributed by atoms with Gasteiger partial charge in [-0.1, -0.05) is 6.07 Å². The molecule has 1 aromatic heterocycles. The second-order valence-electron chi connectivity index (χ2n) is 4.24. The van der Waals surface area contributed by atoms with Crippen LogP contribution in [0.5, 0.6) is 11.5 Å². The molecule has 0 fully saturated rings. The molecule has 0 aliphatic carbocycles. The Kier molecular flexibility index (Phi) is 4.60. The minimum absolute atomic E-state index is 0.139. The molecular weight excluding hydrogens is 258 g/mol. The van der Waals surface area contributed by atoms with Gasteiger partial charge < -0.3 is 15.2 Å². The van der Waals surface area contributed by atoms with E-state index in [1.807, 2.05) is 12.3 Å². The van der Waals surface area contributed by atoms with Crippen molar-refractivity contribution in [2.75, 3.05) is 13.7 Å². The number of aromatic nitrogens is 2. The van der Waals surface area contributed by atoms with Gasteiger partial charge in [0.05, 0.1) is 12.7 Å². The molecule has 20 heavy (non-hydrogen) atoms. The smallest absolute Gasteiger partial charge is 0.255 e. The third-order valence-electron chi connectivity index (χ3n) is 2.87. The molecule has 0 aliphatic rings. The molecule has 0 spiro atoms. The number of phenols is 1. The van der Waals surface area contributed by atoms with E-state index in [-0.39, 0.29) is 23.0 Å². The van der Waals surface area contributed by atoms with Crippen molar-refractivity contribution >= 4 is 5.91 Å². The quantitative estimate of drug-likeness (QED) is 0.782. The molecule has 106 valence electrons. The highest BCUT2D eigenvalue weighted by atomic mass is 16.5. The van der Waals surface area contributed by atoms with Crippen LogP contribution >= 0.6 is 0 Å². The lowest BCUT2D eigenvalue weighted by molar-refractivity contribution is 0.0949. The molecule has 0 saturated carbocycles. The highest BCUT2D eigenvalue weighted by molar-refractivity contribution is 5.97. The first-order valence-corrected chi connectivity index (χ1v) is 6.34. The summed E-state index contributed by atoms with van der Waals surface area (Å²) in [4.78, 5) is 11.9. The van der Waals surface area contributed by atoms with Crippen LogP contribution in [0.15, 0.2) is 36.7 Å². The van der Waals surface area contributed by atoms with Crippen LogP contribution in [0.25, 0.3) is 0 Å². The number of aromatic hydroxyl groups is 1. The zero-order valence-corrected chi connectivity index (χ0v) is 11.2. The van der Waals surface area contributed by atoms with Crippen molar-refractivity contribution in [2.45, 2.75) is 13.0 Å². The molecule has 0 saturated heterocycles. The van der Waals surface area contributed by atoms with Crippen molar-refractivity contribution in [3.8, 4) is 11.5 Å². The Morgan fingerprint density at radius 2 is 2.30 bits per heavy atom. The number of hydrogen-bond donors (Lipinski definition) is 2. The number of rotatable bonds is 6. The number of hydrogen-bond acceptors (Lipinski definition) is 4. The second kappa shape index (κ2) is 6.60. The number of phenolic OH excluding ortho intramolecular Hbond substituents is 1. The van der Waals surface area contributed by atoms with E-state index in [4.69, 9.17) is 4.74 Å². The summed E-state index contributed by atoms with van der Waals surface area (Å²) in [5.41, 5.74) is 0.212. The van der Waals surface area contributed by atoms with Crippen LogP contribution in [0.4, 0.5) is 0 Å². The number of para-hydroxylation sites is 1. The van der Waals surface area contributed by atoms with Gasteiger partial charge in [-0.2, -0.15) is 5.10 Å². The van der Waals surface area contributed by atoms with E-state index in [9.17, 15) is 9.90 Å². The summed E-state index contributed by atoms with van der Waals surface area (Å²) in [6.45, 7) is 1.24. The minimum atomic E-state index is -0.318. The summed E-state index contributed by atoms with van der Waals surface area (Å²) in [5, 5.41) is 16.7. The summed E-state index contributed by atoms with van der Waals surface area (Å²) in [6, 6.07) is 6.68. The summed E-state index contributed by atoms with van der Waals surface area (Å²) in [5.74, 6) is -0.171. The fourth-order valence-corrected chi connectivity index (χ4v) is 1.84. The topological polar surface area (TPSA) is 76.4 Å². The average Bonchev–Trinajstić information content (AvgIpc) is 2.97. The van der Waals surface area contributed by atoms with Gasteiger partial charge in [-0.05, 0) is 24.6 Å². The second-order valence-corrected chi connectivity index (χ2v) is 4.24. The number of carbonyl (C=O) groups is 1. The zero-order valence-electron chi connectivity index (χ0n) is 11.2. The fraction of sp³-hybridized carbons (Fsp3) is 0.286. The molecule has 0 atom stereocenters. The zero-order chi connectivity index (χ0) is 14.4. The van der Waals surface area contributed by atoms with Gasteiger partial charge in [0.2, 0.25) is 0 Å². The van der Waals surface area contributed by atoms with E-state index in [0.29, 0.717) is 6.54 Å². The van der Waals surface area contributed by atoms with Gasteiger partial charge in [0, 0.05) is 25.5 Å². The molecule has 1 amide bonds. The lowest BCUT2D eigenvalue weighted by Gasteiger charge is -2.09. The Balaban J connectivity index is 1.86. The first kappa shape index (κ1) is 13.9. The lowest BCUT2D eigenvalue weighted by Crippen LogP contribution is -2.25. The number of carbonyl (C=O) groups excluding carboxylic acids is 1. The summed E-state index contributed by atoms with van der Waals surface area (Å²) >= 11 is 0. The standard InChI is InChI=1S/C14H17N3O3/c1-20-12-6-2-5-11(13(12)18)14(19)15-7-3-9-17-10-4-8-16-17/h2,4-6,8,10,18H,3,7,9H2,1H3,(H,15,19). The van der Waals surface area contributed by atoms with Gasteiger partial charge in [-0.15, -0.1) is 0 Å². The number of nitrogens with one attached hydrogen (secondary N) is 1. The molecule has 0 radical (unpaired) electrons. The van der Waals surface area contributed by atoms with Crippen LogP contribution in [-0.2, 0) is 6.54 Å².